The Morgan fingerprint density at radius 2 is 1.97 bits per heavy atom. The molecule has 2 aliphatic heterocycles. The number of rotatable bonds is 9. The van der Waals surface area contributed by atoms with Crippen LogP contribution in [0.2, 0.25) is 0 Å². The molecule has 0 aliphatic carbocycles. The number of ether oxygens (including phenoxy) is 1. The molecule has 2 aliphatic rings. The number of piperidine rings is 1. The first-order chi connectivity index (χ1) is 16.9. The molecule has 6 N–H and O–H groups in total. The molecule has 0 bridgehead atoms. The fourth-order valence-corrected chi connectivity index (χ4v) is 6.25. The highest BCUT2D eigenvalue weighted by Gasteiger charge is 2.34. The van der Waals surface area contributed by atoms with E-state index < -0.39 is 16.1 Å². The van der Waals surface area contributed by atoms with E-state index in [1.54, 1.807) is 17.0 Å². The minimum Gasteiger partial charge on any atom is -0.383 e. The van der Waals surface area contributed by atoms with E-state index in [1.807, 2.05) is 26.8 Å². The first-order valence-corrected chi connectivity index (χ1v) is 14.2. The first kappa shape index (κ1) is 28.2. The van der Waals surface area contributed by atoms with Crippen LogP contribution in [0.5, 0.6) is 0 Å². The molecule has 0 saturated carbocycles. The minimum absolute atomic E-state index is 0.0319. The van der Waals surface area contributed by atoms with Crippen molar-refractivity contribution >= 4 is 27.6 Å². The Kier molecular flexibility index (Phi) is 9.23. The molecule has 1 aromatic rings. The predicted octanol–water partition coefficient (Wildman–Crippen LogP) is 1.80. The number of likely N-dealkylation sites (tertiary alicyclic amines) is 1. The maximum absolute atomic E-state index is 13.5. The summed E-state index contributed by atoms with van der Waals surface area (Å²) in [5, 5.41) is 3.27. The predicted molar refractivity (Wildman–Crippen MR) is 142 cm³/mol. The second-order valence-electron chi connectivity index (χ2n) is 10.9. The van der Waals surface area contributed by atoms with Gasteiger partial charge >= 0.3 is 0 Å². The van der Waals surface area contributed by atoms with Crippen molar-refractivity contribution in [1.29, 1.82) is 0 Å². The number of nitrogens with one attached hydrogen (secondary N) is 2. The standard InChI is InChI=1S/C25H42N6O4S/c1-17-15-18-7-5-9-21(22(18)29-16-17)36(33,34)30-20(8-6-12-28-24(26)27)23(32)31-13-10-19(11-14-31)35-25(2,3)4/h5,7,9,17,19-20,29-30H,6,8,10-16H2,1-4H3,(H4,26,27,28)/t17?,20-/m0/s1. The van der Waals surface area contributed by atoms with Crippen molar-refractivity contribution in [1.82, 2.24) is 9.62 Å². The third-order valence-electron chi connectivity index (χ3n) is 6.41. The van der Waals surface area contributed by atoms with Crippen LogP contribution < -0.4 is 21.5 Å². The minimum atomic E-state index is -3.96. The van der Waals surface area contributed by atoms with Gasteiger partial charge < -0.3 is 26.4 Å². The third kappa shape index (κ3) is 7.81. The van der Waals surface area contributed by atoms with Gasteiger partial charge in [-0.05, 0) is 70.4 Å². The SMILES string of the molecule is CC1CNc2c(cccc2S(=O)(=O)N[C@@H](CCCN=C(N)N)C(=O)N2CCC(OC(C)(C)C)CC2)C1. The summed E-state index contributed by atoms with van der Waals surface area (Å²) in [5.74, 6) is 0.151. The van der Waals surface area contributed by atoms with Gasteiger partial charge in [0.15, 0.2) is 5.96 Å². The highest BCUT2D eigenvalue weighted by atomic mass is 32.2. The average Bonchev–Trinajstić information content (AvgIpc) is 2.79. The normalized spacial score (nSPS) is 19.8. The Bertz CT molecular complexity index is 1040. The van der Waals surface area contributed by atoms with Crippen molar-refractivity contribution in [2.45, 2.75) is 82.4 Å². The zero-order valence-corrected chi connectivity index (χ0v) is 22.7. The molecule has 3 rings (SSSR count). The maximum Gasteiger partial charge on any atom is 0.243 e. The molecular weight excluding hydrogens is 480 g/mol. The summed E-state index contributed by atoms with van der Waals surface area (Å²) in [4.78, 5) is 19.4. The molecule has 1 fully saturated rings. The van der Waals surface area contributed by atoms with Gasteiger partial charge in [0, 0.05) is 26.2 Å². The van der Waals surface area contributed by atoms with Crippen LogP contribution >= 0.6 is 0 Å². The smallest absolute Gasteiger partial charge is 0.243 e. The molecule has 202 valence electrons. The second-order valence-corrected chi connectivity index (χ2v) is 12.5. The van der Waals surface area contributed by atoms with E-state index in [4.69, 9.17) is 16.2 Å². The summed E-state index contributed by atoms with van der Waals surface area (Å²) in [7, 11) is -3.96. The molecule has 0 aromatic heterocycles. The summed E-state index contributed by atoms with van der Waals surface area (Å²) in [5.41, 5.74) is 12.2. The summed E-state index contributed by atoms with van der Waals surface area (Å²) in [6.07, 6.45) is 3.05. The van der Waals surface area contributed by atoms with E-state index in [9.17, 15) is 13.2 Å². The largest absolute Gasteiger partial charge is 0.383 e. The number of amides is 1. The first-order valence-electron chi connectivity index (χ1n) is 12.8. The van der Waals surface area contributed by atoms with E-state index in [1.165, 1.54) is 0 Å². The third-order valence-corrected chi connectivity index (χ3v) is 7.93. The number of carbonyl (C=O) groups is 1. The van der Waals surface area contributed by atoms with Crippen LogP contribution in [0.25, 0.3) is 0 Å². The Morgan fingerprint density at radius 1 is 1.28 bits per heavy atom. The molecule has 11 heteroatoms. The van der Waals surface area contributed by atoms with Crippen molar-refractivity contribution < 1.29 is 17.9 Å². The monoisotopic (exact) mass is 522 g/mol. The number of aliphatic imine (C=N–C) groups is 1. The number of nitrogens with zero attached hydrogens (tertiary/aromatic N) is 2. The molecule has 0 spiro atoms. The van der Waals surface area contributed by atoms with Crippen LogP contribution in [0, 0.1) is 5.92 Å². The molecule has 2 atom stereocenters. The highest BCUT2D eigenvalue weighted by Crippen LogP contribution is 2.31. The lowest BCUT2D eigenvalue weighted by Crippen LogP contribution is -2.52. The van der Waals surface area contributed by atoms with Crippen LogP contribution in [-0.4, -0.2) is 69.1 Å². The van der Waals surface area contributed by atoms with Gasteiger partial charge in [-0.1, -0.05) is 19.1 Å². The fourth-order valence-electron chi connectivity index (χ4n) is 4.80. The van der Waals surface area contributed by atoms with Gasteiger partial charge in [-0.2, -0.15) is 4.72 Å². The van der Waals surface area contributed by atoms with Gasteiger partial charge in [0.25, 0.3) is 0 Å². The quantitative estimate of drug-likeness (QED) is 0.219. The van der Waals surface area contributed by atoms with Crippen molar-refractivity contribution in [3.8, 4) is 0 Å². The molecule has 1 aromatic carbocycles. The summed E-state index contributed by atoms with van der Waals surface area (Å²) < 4.78 is 35.8. The number of para-hydroxylation sites is 1. The highest BCUT2D eigenvalue weighted by molar-refractivity contribution is 7.89. The van der Waals surface area contributed by atoms with Gasteiger partial charge in [-0.25, -0.2) is 8.42 Å². The van der Waals surface area contributed by atoms with Gasteiger partial charge in [0.2, 0.25) is 15.9 Å². The summed E-state index contributed by atoms with van der Waals surface area (Å²) >= 11 is 0. The van der Waals surface area contributed by atoms with Gasteiger partial charge in [0.05, 0.1) is 17.4 Å². The van der Waals surface area contributed by atoms with E-state index in [-0.39, 0.29) is 34.9 Å². The number of nitrogens with two attached hydrogens (primary N) is 2. The van der Waals surface area contributed by atoms with Gasteiger partial charge in [0.1, 0.15) is 10.9 Å². The van der Waals surface area contributed by atoms with Crippen molar-refractivity contribution in [3.63, 3.8) is 0 Å². The lowest BCUT2D eigenvalue weighted by atomic mass is 9.96. The number of carbonyl (C=O) groups excluding carboxylic acids is 1. The molecule has 1 unspecified atom stereocenters. The van der Waals surface area contributed by atoms with Gasteiger partial charge in [-0.3, -0.25) is 9.79 Å². The number of guanidine groups is 1. The van der Waals surface area contributed by atoms with Crippen molar-refractivity contribution in [3.05, 3.63) is 23.8 Å². The molecule has 1 saturated heterocycles. The van der Waals surface area contributed by atoms with Crippen LogP contribution in [0.3, 0.4) is 0 Å². The molecule has 10 nitrogen and oxygen atoms in total. The van der Waals surface area contributed by atoms with E-state index in [0.29, 0.717) is 57.0 Å². The van der Waals surface area contributed by atoms with Crippen molar-refractivity contribution in [2.75, 3.05) is 31.5 Å². The molecule has 36 heavy (non-hydrogen) atoms. The number of anilines is 1. The lowest BCUT2D eigenvalue weighted by Gasteiger charge is -2.37. The summed E-state index contributed by atoms with van der Waals surface area (Å²) in [6, 6.07) is 4.37. The lowest BCUT2D eigenvalue weighted by molar-refractivity contribution is -0.138. The van der Waals surface area contributed by atoms with Crippen LogP contribution in [0.1, 0.15) is 58.9 Å². The second kappa shape index (κ2) is 11.8. The average molecular weight is 523 g/mol. The van der Waals surface area contributed by atoms with Crippen molar-refractivity contribution in [2.24, 2.45) is 22.4 Å². The number of benzene rings is 1. The van der Waals surface area contributed by atoms with E-state index in [0.717, 1.165) is 12.0 Å². The number of sulfonamides is 1. The zero-order valence-electron chi connectivity index (χ0n) is 21.9. The maximum atomic E-state index is 13.5. The fraction of sp³-hybridized carbons (Fsp3) is 0.680. The van der Waals surface area contributed by atoms with Crippen LogP contribution in [0.15, 0.2) is 28.1 Å². The molecular formula is C25H42N6O4S. The molecule has 1 amide bonds. The van der Waals surface area contributed by atoms with E-state index in [2.05, 4.69) is 22.0 Å². The summed E-state index contributed by atoms with van der Waals surface area (Å²) in [6.45, 7) is 10.2. The Balaban J connectivity index is 1.76. The van der Waals surface area contributed by atoms with Crippen LogP contribution in [-0.2, 0) is 26.0 Å². The Hall–Kier alpha value is -2.37. The molecule has 0 radical (unpaired) electrons. The van der Waals surface area contributed by atoms with Gasteiger partial charge in [-0.15, -0.1) is 0 Å². The zero-order chi connectivity index (χ0) is 26.5. The number of hydrogen-bond donors (Lipinski definition) is 4. The topological polar surface area (TPSA) is 152 Å². The van der Waals surface area contributed by atoms with Crippen LogP contribution in [0.4, 0.5) is 5.69 Å². The number of hydrogen-bond acceptors (Lipinski definition) is 6. The molecule has 2 heterocycles. The Labute approximate surface area is 215 Å². The Morgan fingerprint density at radius 3 is 2.61 bits per heavy atom. The number of fused-ring (bicyclic) bond motifs is 1. The van der Waals surface area contributed by atoms with E-state index >= 15 is 0 Å².